The summed E-state index contributed by atoms with van der Waals surface area (Å²) in [4.78, 5) is 0. The molecule has 11 heavy (non-hydrogen) atoms. The lowest BCUT2D eigenvalue weighted by Crippen LogP contribution is -2.12. The third kappa shape index (κ3) is 3.17. The maximum absolute atomic E-state index is 12.2. The molecule has 0 amide bonds. The Kier molecular flexibility index (Phi) is 3.81. The first-order chi connectivity index (χ1) is 5.30. The van der Waals surface area contributed by atoms with Gasteiger partial charge in [0.05, 0.1) is 0 Å². The minimum absolute atomic E-state index is 0.296. The lowest BCUT2D eigenvalue weighted by molar-refractivity contribution is 0.0622. The Bertz CT molecular complexity index is 93.7. The van der Waals surface area contributed by atoms with E-state index in [9.17, 15) is 8.78 Å². The fourth-order valence-corrected chi connectivity index (χ4v) is 1.74. The van der Waals surface area contributed by atoms with E-state index in [-0.39, 0.29) is 5.92 Å². The lowest BCUT2D eigenvalue weighted by Gasteiger charge is -2.18. The molecule has 0 unspecified atom stereocenters. The van der Waals surface area contributed by atoms with E-state index in [1.807, 2.05) is 0 Å². The highest BCUT2D eigenvalue weighted by Crippen LogP contribution is 2.26. The second-order valence-corrected chi connectivity index (χ2v) is 3.44. The zero-order valence-corrected chi connectivity index (χ0v) is 6.86. The molecule has 0 saturated heterocycles. The molecule has 0 radical (unpaired) electrons. The topological polar surface area (TPSA) is 0 Å². The third-order valence-electron chi connectivity index (χ3n) is 2.51. The molecule has 0 bridgehead atoms. The quantitative estimate of drug-likeness (QED) is 0.552. The van der Waals surface area contributed by atoms with Gasteiger partial charge in [0.15, 0.2) is 0 Å². The molecule has 0 heterocycles. The Labute approximate surface area is 67.0 Å². The number of hydrogen-bond acceptors (Lipinski definition) is 0. The van der Waals surface area contributed by atoms with Crippen molar-refractivity contribution >= 4 is 0 Å². The summed E-state index contributed by atoms with van der Waals surface area (Å²) in [7, 11) is 0. The van der Waals surface area contributed by atoms with Crippen LogP contribution in [0, 0.1) is 5.92 Å². The standard InChI is InChI=1S/C9H16F2/c10-9(11)8-6-4-2-1-3-5-7-8/h8-9H,1-7H2. The third-order valence-corrected chi connectivity index (χ3v) is 2.51. The smallest absolute Gasteiger partial charge is 0.210 e. The van der Waals surface area contributed by atoms with E-state index in [0.717, 1.165) is 38.5 Å². The van der Waals surface area contributed by atoms with E-state index in [1.54, 1.807) is 0 Å². The molecule has 2 heteroatoms. The summed E-state index contributed by atoms with van der Waals surface area (Å²) in [5, 5.41) is 0. The Balaban J connectivity index is 2.26. The molecule has 0 N–H and O–H groups in total. The van der Waals surface area contributed by atoms with Crippen molar-refractivity contribution < 1.29 is 8.78 Å². The van der Waals surface area contributed by atoms with Gasteiger partial charge in [0.2, 0.25) is 6.43 Å². The molecule has 1 fully saturated rings. The van der Waals surface area contributed by atoms with E-state index in [0.29, 0.717) is 0 Å². The highest BCUT2D eigenvalue weighted by Gasteiger charge is 2.20. The van der Waals surface area contributed by atoms with Crippen molar-refractivity contribution in [2.45, 2.75) is 51.4 Å². The van der Waals surface area contributed by atoms with Crippen LogP contribution in [0.25, 0.3) is 0 Å². The van der Waals surface area contributed by atoms with E-state index in [1.165, 1.54) is 6.42 Å². The van der Waals surface area contributed by atoms with Gasteiger partial charge in [0.25, 0.3) is 0 Å². The normalized spacial score (nSPS) is 23.2. The predicted octanol–water partition coefficient (Wildman–Crippen LogP) is 3.61. The van der Waals surface area contributed by atoms with Crippen LogP contribution >= 0.6 is 0 Å². The SMILES string of the molecule is FC(F)C1CCCCCCC1. The van der Waals surface area contributed by atoms with Crippen LogP contribution in [0.4, 0.5) is 8.78 Å². The van der Waals surface area contributed by atoms with Crippen molar-refractivity contribution in [1.82, 2.24) is 0 Å². The van der Waals surface area contributed by atoms with Crippen molar-refractivity contribution in [3.63, 3.8) is 0 Å². The molecule has 0 aromatic heterocycles. The number of hydrogen-bond donors (Lipinski definition) is 0. The van der Waals surface area contributed by atoms with Crippen LogP contribution in [0.5, 0.6) is 0 Å². The van der Waals surface area contributed by atoms with E-state index >= 15 is 0 Å². The van der Waals surface area contributed by atoms with Gasteiger partial charge in [0, 0.05) is 5.92 Å². The van der Waals surface area contributed by atoms with Crippen molar-refractivity contribution in [1.29, 1.82) is 0 Å². The van der Waals surface area contributed by atoms with Crippen molar-refractivity contribution in [2.24, 2.45) is 5.92 Å². The van der Waals surface area contributed by atoms with Crippen molar-refractivity contribution in [3.8, 4) is 0 Å². The number of rotatable bonds is 1. The first kappa shape index (κ1) is 8.95. The summed E-state index contributed by atoms with van der Waals surface area (Å²) in [6.45, 7) is 0. The molecule has 66 valence electrons. The summed E-state index contributed by atoms with van der Waals surface area (Å²) >= 11 is 0. The lowest BCUT2D eigenvalue weighted by atomic mass is 9.92. The minimum atomic E-state index is -2.08. The summed E-state index contributed by atoms with van der Waals surface area (Å²) in [6.07, 6.45) is 5.00. The minimum Gasteiger partial charge on any atom is -0.210 e. The highest BCUT2D eigenvalue weighted by molar-refractivity contribution is 4.65. The Morgan fingerprint density at radius 2 is 1.27 bits per heavy atom. The van der Waals surface area contributed by atoms with Gasteiger partial charge in [-0.05, 0) is 12.8 Å². The average Bonchev–Trinajstić information content (AvgIpc) is 1.84. The monoisotopic (exact) mass is 162 g/mol. The van der Waals surface area contributed by atoms with Gasteiger partial charge in [-0.3, -0.25) is 0 Å². The fourth-order valence-electron chi connectivity index (χ4n) is 1.74. The summed E-state index contributed by atoms with van der Waals surface area (Å²) in [6, 6.07) is 0. The molecule has 0 aromatic carbocycles. The van der Waals surface area contributed by atoms with Gasteiger partial charge < -0.3 is 0 Å². The average molecular weight is 162 g/mol. The predicted molar refractivity (Wildman–Crippen MR) is 41.8 cm³/mol. The molecular formula is C9H16F2. The fraction of sp³-hybridized carbons (Fsp3) is 1.00. The maximum atomic E-state index is 12.2. The van der Waals surface area contributed by atoms with Gasteiger partial charge in [0.1, 0.15) is 0 Å². The van der Waals surface area contributed by atoms with Crippen LogP contribution in [-0.4, -0.2) is 6.43 Å². The van der Waals surface area contributed by atoms with Crippen LogP contribution in [-0.2, 0) is 0 Å². The molecule has 1 saturated carbocycles. The molecule has 0 aromatic rings. The first-order valence-electron chi connectivity index (χ1n) is 4.59. The molecular weight excluding hydrogens is 146 g/mol. The van der Waals surface area contributed by atoms with Gasteiger partial charge in [-0.1, -0.05) is 32.1 Å². The largest absolute Gasteiger partial charge is 0.241 e. The van der Waals surface area contributed by atoms with Gasteiger partial charge in [-0.15, -0.1) is 0 Å². The Morgan fingerprint density at radius 3 is 1.73 bits per heavy atom. The van der Waals surface area contributed by atoms with Gasteiger partial charge in [-0.25, -0.2) is 8.78 Å². The van der Waals surface area contributed by atoms with E-state index < -0.39 is 6.43 Å². The van der Waals surface area contributed by atoms with E-state index in [2.05, 4.69) is 0 Å². The zero-order chi connectivity index (χ0) is 8.10. The van der Waals surface area contributed by atoms with Crippen LogP contribution < -0.4 is 0 Å². The molecule has 1 aliphatic carbocycles. The molecule has 0 nitrogen and oxygen atoms in total. The van der Waals surface area contributed by atoms with Crippen LogP contribution in [0.3, 0.4) is 0 Å². The Morgan fingerprint density at radius 1 is 0.818 bits per heavy atom. The molecule has 1 rings (SSSR count). The van der Waals surface area contributed by atoms with Crippen LogP contribution in [0.2, 0.25) is 0 Å². The number of halogens is 2. The first-order valence-corrected chi connectivity index (χ1v) is 4.59. The second-order valence-electron chi connectivity index (χ2n) is 3.44. The van der Waals surface area contributed by atoms with Gasteiger partial charge >= 0.3 is 0 Å². The maximum Gasteiger partial charge on any atom is 0.241 e. The molecule has 1 aliphatic rings. The van der Waals surface area contributed by atoms with E-state index in [4.69, 9.17) is 0 Å². The zero-order valence-electron chi connectivity index (χ0n) is 6.86. The second kappa shape index (κ2) is 4.68. The van der Waals surface area contributed by atoms with Crippen molar-refractivity contribution in [3.05, 3.63) is 0 Å². The number of alkyl halides is 2. The molecule has 0 spiro atoms. The van der Waals surface area contributed by atoms with Crippen LogP contribution in [0.1, 0.15) is 44.9 Å². The summed E-state index contributed by atoms with van der Waals surface area (Å²) < 4.78 is 24.5. The van der Waals surface area contributed by atoms with Crippen LogP contribution in [0.15, 0.2) is 0 Å². The summed E-state index contributed by atoms with van der Waals surface area (Å²) in [5.74, 6) is -0.296. The van der Waals surface area contributed by atoms with Crippen molar-refractivity contribution in [2.75, 3.05) is 0 Å². The van der Waals surface area contributed by atoms with Gasteiger partial charge in [-0.2, -0.15) is 0 Å². The Hall–Kier alpha value is -0.140. The molecule has 0 aliphatic heterocycles. The highest BCUT2D eigenvalue weighted by atomic mass is 19.3. The molecule has 0 atom stereocenters. The summed E-state index contributed by atoms with van der Waals surface area (Å²) in [5.41, 5.74) is 0.